The van der Waals surface area contributed by atoms with Crippen molar-refractivity contribution in [2.24, 2.45) is 0 Å². The first-order chi connectivity index (χ1) is 8.61. The topological polar surface area (TPSA) is 95.9 Å². The molecule has 0 aromatic carbocycles. The molecular weight excluding hydrogens is 302 g/mol. The Hall–Kier alpha value is -1.96. The van der Waals surface area contributed by atoms with E-state index in [9.17, 15) is 4.79 Å². The smallest absolute Gasteiger partial charge is 0.361 e. The van der Waals surface area contributed by atoms with Crippen LogP contribution >= 0.6 is 15.9 Å². The molecule has 2 heterocycles. The van der Waals surface area contributed by atoms with E-state index in [1.807, 2.05) is 0 Å². The van der Waals surface area contributed by atoms with Crippen molar-refractivity contribution in [3.8, 4) is 5.95 Å². The number of aromatic nitrogens is 4. The molecule has 2 aromatic heterocycles. The van der Waals surface area contributed by atoms with Gasteiger partial charge in [-0.25, -0.2) is 19.4 Å². The highest BCUT2D eigenvalue weighted by Gasteiger charge is 2.17. The number of anilines is 1. The lowest BCUT2D eigenvalue weighted by molar-refractivity contribution is 0.0520. The minimum absolute atomic E-state index is 0.0587. The normalized spacial score (nSPS) is 10.3. The lowest BCUT2D eigenvalue weighted by Crippen LogP contribution is -2.09. The Kier molecular flexibility index (Phi) is 3.56. The maximum Gasteiger partial charge on any atom is 0.361 e. The Morgan fingerprint density at radius 3 is 2.78 bits per heavy atom. The van der Waals surface area contributed by atoms with E-state index in [1.165, 1.54) is 10.9 Å². The fourth-order valence-corrected chi connectivity index (χ4v) is 1.48. The van der Waals surface area contributed by atoms with Crippen LogP contribution in [0, 0.1) is 0 Å². The molecule has 0 aliphatic heterocycles. The minimum atomic E-state index is -0.564. The number of halogens is 1. The molecule has 0 fully saturated rings. The molecule has 8 heteroatoms. The van der Waals surface area contributed by atoms with Crippen molar-refractivity contribution in [1.82, 2.24) is 19.7 Å². The number of ether oxygens (including phenoxy) is 1. The van der Waals surface area contributed by atoms with Crippen molar-refractivity contribution >= 4 is 27.6 Å². The summed E-state index contributed by atoms with van der Waals surface area (Å²) < 4.78 is 6.91. The van der Waals surface area contributed by atoms with Crippen LogP contribution in [0.25, 0.3) is 5.95 Å². The second-order valence-corrected chi connectivity index (χ2v) is 4.22. The predicted molar refractivity (Wildman–Crippen MR) is 67.2 cm³/mol. The van der Waals surface area contributed by atoms with E-state index in [0.717, 1.165) is 4.47 Å². The average Bonchev–Trinajstić information content (AvgIpc) is 2.72. The second kappa shape index (κ2) is 5.13. The third kappa shape index (κ3) is 2.48. The Morgan fingerprint density at radius 1 is 1.50 bits per heavy atom. The molecule has 0 amide bonds. The van der Waals surface area contributed by atoms with E-state index in [4.69, 9.17) is 10.5 Å². The highest BCUT2D eigenvalue weighted by atomic mass is 79.9. The van der Waals surface area contributed by atoms with Gasteiger partial charge in [0.25, 0.3) is 5.95 Å². The van der Waals surface area contributed by atoms with E-state index >= 15 is 0 Å². The molecule has 94 valence electrons. The number of nitrogen functional groups attached to an aromatic ring is 1. The SMILES string of the molecule is CCOC(=O)c1nn(-c2ncc(Br)cn2)cc1N. The lowest BCUT2D eigenvalue weighted by atomic mass is 10.4. The van der Waals surface area contributed by atoms with Crippen molar-refractivity contribution in [2.45, 2.75) is 6.92 Å². The standard InChI is InChI=1S/C10H10BrN5O2/c1-2-18-9(17)8-7(12)5-16(15-8)10-13-3-6(11)4-14-10/h3-5H,2,12H2,1H3. The van der Waals surface area contributed by atoms with Crippen LogP contribution in [0.15, 0.2) is 23.1 Å². The summed E-state index contributed by atoms with van der Waals surface area (Å²) in [6, 6.07) is 0. The van der Waals surface area contributed by atoms with Crippen LogP contribution in [0.3, 0.4) is 0 Å². The summed E-state index contributed by atoms with van der Waals surface area (Å²) in [5.74, 6) is -0.244. The van der Waals surface area contributed by atoms with Crippen molar-refractivity contribution in [1.29, 1.82) is 0 Å². The molecule has 0 spiro atoms. The van der Waals surface area contributed by atoms with Crippen LogP contribution in [-0.2, 0) is 4.74 Å². The highest BCUT2D eigenvalue weighted by molar-refractivity contribution is 9.10. The number of nitrogens with two attached hydrogens (primary N) is 1. The molecule has 0 bridgehead atoms. The van der Waals surface area contributed by atoms with Crippen molar-refractivity contribution in [3.63, 3.8) is 0 Å². The summed E-state index contributed by atoms with van der Waals surface area (Å²) in [7, 11) is 0. The van der Waals surface area contributed by atoms with Gasteiger partial charge in [-0.1, -0.05) is 0 Å². The van der Waals surface area contributed by atoms with Gasteiger partial charge in [-0.05, 0) is 22.9 Å². The van der Waals surface area contributed by atoms with Crippen molar-refractivity contribution in [2.75, 3.05) is 12.3 Å². The maximum absolute atomic E-state index is 11.5. The molecule has 0 atom stereocenters. The molecule has 2 aromatic rings. The fraction of sp³-hybridized carbons (Fsp3) is 0.200. The van der Waals surface area contributed by atoms with Crippen LogP contribution in [-0.4, -0.2) is 32.3 Å². The summed E-state index contributed by atoms with van der Waals surface area (Å²) in [5.41, 5.74) is 5.97. The molecule has 0 saturated heterocycles. The second-order valence-electron chi connectivity index (χ2n) is 3.30. The molecule has 0 aliphatic rings. The van der Waals surface area contributed by atoms with Gasteiger partial charge in [-0.2, -0.15) is 5.10 Å². The number of nitrogens with zero attached hydrogens (tertiary/aromatic N) is 4. The number of hydrogen-bond acceptors (Lipinski definition) is 6. The van der Waals surface area contributed by atoms with Gasteiger partial charge >= 0.3 is 5.97 Å². The number of rotatable bonds is 3. The van der Waals surface area contributed by atoms with E-state index in [2.05, 4.69) is 31.0 Å². The molecule has 18 heavy (non-hydrogen) atoms. The van der Waals surface area contributed by atoms with Gasteiger partial charge in [0.1, 0.15) is 0 Å². The van der Waals surface area contributed by atoms with Gasteiger partial charge in [0.15, 0.2) is 5.69 Å². The number of hydrogen-bond donors (Lipinski definition) is 1. The molecule has 2 rings (SSSR count). The van der Waals surface area contributed by atoms with E-state index in [1.54, 1.807) is 19.3 Å². The zero-order chi connectivity index (χ0) is 13.1. The van der Waals surface area contributed by atoms with Crippen LogP contribution in [0.4, 0.5) is 5.69 Å². The van der Waals surface area contributed by atoms with E-state index < -0.39 is 5.97 Å². The third-order valence-corrected chi connectivity index (χ3v) is 2.43. The summed E-state index contributed by atoms with van der Waals surface area (Å²) in [6.07, 6.45) is 4.62. The Balaban J connectivity index is 2.34. The van der Waals surface area contributed by atoms with Gasteiger partial charge < -0.3 is 10.5 Å². The number of carbonyl (C=O) groups excluding carboxylic acids is 1. The molecular formula is C10H10BrN5O2. The fourth-order valence-electron chi connectivity index (χ4n) is 1.27. The van der Waals surface area contributed by atoms with Crippen molar-refractivity contribution in [3.05, 3.63) is 28.8 Å². The van der Waals surface area contributed by atoms with Gasteiger partial charge in [-0.15, -0.1) is 0 Å². The predicted octanol–water partition coefficient (Wildman–Crippen LogP) is 1.18. The molecule has 0 saturated carbocycles. The first-order valence-corrected chi connectivity index (χ1v) is 5.91. The summed E-state index contributed by atoms with van der Waals surface area (Å²) in [6.45, 7) is 1.98. The minimum Gasteiger partial charge on any atom is -0.461 e. The van der Waals surface area contributed by atoms with Crippen LogP contribution in [0.5, 0.6) is 0 Å². The Bertz CT molecular complexity index is 566. The average molecular weight is 312 g/mol. The maximum atomic E-state index is 11.5. The van der Waals surface area contributed by atoms with E-state index in [-0.39, 0.29) is 18.0 Å². The van der Waals surface area contributed by atoms with Gasteiger partial charge in [-0.3, -0.25) is 0 Å². The largest absolute Gasteiger partial charge is 0.461 e. The van der Waals surface area contributed by atoms with Gasteiger partial charge in [0, 0.05) is 12.4 Å². The molecule has 0 aliphatic carbocycles. The Labute approximate surface area is 111 Å². The number of carbonyl (C=O) groups is 1. The summed E-state index contributed by atoms with van der Waals surface area (Å²) >= 11 is 3.23. The van der Waals surface area contributed by atoms with Crippen LogP contribution in [0.2, 0.25) is 0 Å². The third-order valence-electron chi connectivity index (χ3n) is 2.02. The Morgan fingerprint density at radius 2 is 2.17 bits per heavy atom. The molecule has 0 radical (unpaired) electrons. The first-order valence-electron chi connectivity index (χ1n) is 5.12. The zero-order valence-electron chi connectivity index (χ0n) is 9.50. The highest BCUT2D eigenvalue weighted by Crippen LogP contribution is 2.13. The van der Waals surface area contributed by atoms with Gasteiger partial charge in [0.2, 0.25) is 0 Å². The molecule has 2 N–H and O–H groups in total. The monoisotopic (exact) mass is 311 g/mol. The summed E-state index contributed by atoms with van der Waals surface area (Å²) in [5, 5.41) is 4.01. The van der Waals surface area contributed by atoms with Crippen molar-refractivity contribution < 1.29 is 9.53 Å². The number of esters is 1. The van der Waals surface area contributed by atoms with E-state index in [0.29, 0.717) is 5.95 Å². The summed E-state index contributed by atoms with van der Waals surface area (Å²) in [4.78, 5) is 19.6. The van der Waals surface area contributed by atoms with Crippen LogP contribution in [0.1, 0.15) is 17.4 Å². The molecule has 7 nitrogen and oxygen atoms in total. The molecule has 0 unspecified atom stereocenters. The first kappa shape index (κ1) is 12.5. The van der Waals surface area contributed by atoms with Gasteiger partial charge in [0.05, 0.1) is 23.0 Å². The zero-order valence-corrected chi connectivity index (χ0v) is 11.1. The van der Waals surface area contributed by atoms with Crippen LogP contribution < -0.4 is 5.73 Å². The quantitative estimate of drug-likeness (QED) is 0.855. The lowest BCUT2D eigenvalue weighted by Gasteiger charge is -1.99.